The maximum absolute atomic E-state index is 12.8. The van der Waals surface area contributed by atoms with Gasteiger partial charge in [-0.3, -0.25) is 4.79 Å². The van der Waals surface area contributed by atoms with Crippen LogP contribution in [0.1, 0.15) is 21.8 Å². The summed E-state index contributed by atoms with van der Waals surface area (Å²) in [5, 5.41) is 9.56. The summed E-state index contributed by atoms with van der Waals surface area (Å²) >= 11 is 0. The Hall–Kier alpha value is -3.46. The number of hydrogen-bond acceptors (Lipinski definition) is 6. The lowest BCUT2D eigenvalue weighted by Crippen LogP contribution is -2.12. The summed E-state index contributed by atoms with van der Waals surface area (Å²) in [5.41, 5.74) is 0.847. The predicted octanol–water partition coefficient (Wildman–Crippen LogP) is 3.72. The van der Waals surface area contributed by atoms with Gasteiger partial charge < -0.3 is 18.9 Å². The minimum absolute atomic E-state index is 0.347. The third-order valence-electron chi connectivity index (χ3n) is 3.79. The van der Waals surface area contributed by atoms with Crippen LogP contribution in [-0.2, 0) is 0 Å². The molecular formula is C20H19NO5. The van der Waals surface area contributed by atoms with Crippen molar-refractivity contribution in [3.05, 3.63) is 60.4 Å². The molecule has 0 N–H and O–H groups in total. The van der Waals surface area contributed by atoms with Crippen molar-refractivity contribution in [3.63, 3.8) is 0 Å². The Morgan fingerprint density at radius 3 is 2.19 bits per heavy atom. The largest absolute Gasteiger partial charge is 0.493 e. The van der Waals surface area contributed by atoms with Gasteiger partial charge >= 0.3 is 0 Å². The Labute approximate surface area is 152 Å². The SMILES string of the molecule is C=COc1ccc(C(C#N)C(=O)c2ccc(OC)c(OC)c2)cc1OC. The molecule has 0 spiro atoms. The molecule has 26 heavy (non-hydrogen) atoms. The van der Waals surface area contributed by atoms with Gasteiger partial charge in [-0.2, -0.15) is 5.26 Å². The number of methoxy groups -OCH3 is 3. The zero-order valence-electron chi connectivity index (χ0n) is 14.8. The van der Waals surface area contributed by atoms with E-state index in [0.717, 1.165) is 0 Å². The van der Waals surface area contributed by atoms with E-state index in [9.17, 15) is 10.1 Å². The third kappa shape index (κ3) is 3.78. The number of carbonyl (C=O) groups excluding carboxylic acids is 1. The molecule has 134 valence electrons. The Kier molecular flexibility index (Phi) is 6.23. The van der Waals surface area contributed by atoms with Gasteiger partial charge in [0, 0.05) is 5.56 Å². The van der Waals surface area contributed by atoms with Gasteiger partial charge in [-0.05, 0) is 35.9 Å². The molecule has 0 fully saturated rings. The molecule has 0 saturated heterocycles. The molecule has 0 aliphatic heterocycles. The number of benzene rings is 2. The zero-order valence-corrected chi connectivity index (χ0v) is 14.8. The number of carbonyl (C=O) groups is 1. The van der Waals surface area contributed by atoms with E-state index >= 15 is 0 Å². The van der Waals surface area contributed by atoms with Gasteiger partial charge in [-0.1, -0.05) is 12.6 Å². The van der Waals surface area contributed by atoms with E-state index in [4.69, 9.17) is 18.9 Å². The summed E-state index contributed by atoms with van der Waals surface area (Å²) in [7, 11) is 4.47. The van der Waals surface area contributed by atoms with Crippen molar-refractivity contribution >= 4 is 5.78 Å². The first-order valence-corrected chi connectivity index (χ1v) is 7.71. The molecule has 0 saturated carbocycles. The van der Waals surface area contributed by atoms with Crippen LogP contribution in [-0.4, -0.2) is 27.1 Å². The minimum atomic E-state index is -1.00. The lowest BCUT2D eigenvalue weighted by Gasteiger charge is -2.14. The highest BCUT2D eigenvalue weighted by Gasteiger charge is 2.24. The number of ketones is 1. The van der Waals surface area contributed by atoms with Crippen molar-refractivity contribution in [1.82, 2.24) is 0 Å². The van der Waals surface area contributed by atoms with E-state index < -0.39 is 5.92 Å². The van der Waals surface area contributed by atoms with Crippen LogP contribution in [0.25, 0.3) is 0 Å². The third-order valence-corrected chi connectivity index (χ3v) is 3.79. The molecule has 0 bridgehead atoms. The number of Topliss-reactive ketones (excluding diaryl/α,β-unsaturated/α-hetero) is 1. The molecular weight excluding hydrogens is 334 g/mol. The second-order valence-electron chi connectivity index (χ2n) is 5.19. The predicted molar refractivity (Wildman–Crippen MR) is 96.0 cm³/mol. The second kappa shape index (κ2) is 8.58. The number of nitriles is 1. The van der Waals surface area contributed by atoms with Gasteiger partial charge in [0.05, 0.1) is 33.7 Å². The highest BCUT2D eigenvalue weighted by Crippen LogP contribution is 2.34. The van der Waals surface area contributed by atoms with E-state index in [2.05, 4.69) is 6.58 Å². The standard InChI is InChI=1S/C20H19NO5/c1-5-26-17-9-6-13(10-19(17)25-4)15(12-21)20(22)14-7-8-16(23-2)18(11-14)24-3/h5-11,15H,1H2,2-4H3. The summed E-state index contributed by atoms with van der Waals surface area (Å²) in [5.74, 6) is 0.421. The molecule has 6 nitrogen and oxygen atoms in total. The van der Waals surface area contributed by atoms with Gasteiger partial charge in [0.15, 0.2) is 28.8 Å². The average Bonchev–Trinajstić information content (AvgIpc) is 2.68. The van der Waals surface area contributed by atoms with Crippen LogP contribution in [0.2, 0.25) is 0 Å². The van der Waals surface area contributed by atoms with E-state index in [1.54, 1.807) is 36.4 Å². The number of nitrogens with zero attached hydrogens (tertiary/aromatic N) is 1. The molecule has 2 rings (SSSR count). The van der Waals surface area contributed by atoms with Crippen LogP contribution in [0.5, 0.6) is 23.0 Å². The fourth-order valence-electron chi connectivity index (χ4n) is 2.49. The molecule has 0 radical (unpaired) electrons. The van der Waals surface area contributed by atoms with Crippen molar-refractivity contribution in [2.24, 2.45) is 0 Å². The van der Waals surface area contributed by atoms with E-state index in [0.29, 0.717) is 34.1 Å². The summed E-state index contributed by atoms with van der Waals surface area (Å²) < 4.78 is 20.9. The topological polar surface area (TPSA) is 77.8 Å². The van der Waals surface area contributed by atoms with Gasteiger partial charge in [0.2, 0.25) is 0 Å². The molecule has 1 unspecified atom stereocenters. The fraction of sp³-hybridized carbons (Fsp3) is 0.200. The molecule has 0 aromatic heterocycles. The normalized spacial score (nSPS) is 11.0. The summed E-state index contributed by atoms with van der Waals surface area (Å²) in [6.45, 7) is 3.50. The fourth-order valence-corrected chi connectivity index (χ4v) is 2.49. The molecule has 0 aliphatic rings. The Bertz CT molecular complexity index is 854. The summed E-state index contributed by atoms with van der Waals surface area (Å²) in [6, 6.07) is 11.7. The van der Waals surface area contributed by atoms with Crippen molar-refractivity contribution in [1.29, 1.82) is 5.26 Å². The first kappa shape index (κ1) is 18.9. The van der Waals surface area contributed by atoms with Crippen LogP contribution in [0.15, 0.2) is 49.2 Å². The lowest BCUT2D eigenvalue weighted by atomic mass is 9.91. The summed E-state index contributed by atoms with van der Waals surface area (Å²) in [4.78, 5) is 12.8. The van der Waals surface area contributed by atoms with E-state index in [1.165, 1.54) is 27.6 Å². The molecule has 1 atom stereocenters. The molecule has 0 heterocycles. The van der Waals surface area contributed by atoms with Crippen LogP contribution < -0.4 is 18.9 Å². The highest BCUT2D eigenvalue weighted by molar-refractivity contribution is 6.03. The number of ether oxygens (including phenoxy) is 4. The van der Waals surface area contributed by atoms with Crippen LogP contribution in [0.3, 0.4) is 0 Å². The zero-order chi connectivity index (χ0) is 19.1. The molecule has 2 aromatic rings. The second-order valence-corrected chi connectivity index (χ2v) is 5.19. The van der Waals surface area contributed by atoms with Gasteiger partial charge in [-0.25, -0.2) is 0 Å². The Morgan fingerprint density at radius 1 is 1.00 bits per heavy atom. The maximum atomic E-state index is 12.8. The van der Waals surface area contributed by atoms with Gasteiger partial charge in [0.1, 0.15) is 5.92 Å². The molecule has 0 amide bonds. The molecule has 6 heteroatoms. The van der Waals surface area contributed by atoms with Crippen LogP contribution in [0, 0.1) is 11.3 Å². The highest BCUT2D eigenvalue weighted by atomic mass is 16.5. The van der Waals surface area contributed by atoms with Gasteiger partial charge in [0.25, 0.3) is 0 Å². The minimum Gasteiger partial charge on any atom is -0.493 e. The van der Waals surface area contributed by atoms with Crippen molar-refractivity contribution in [2.45, 2.75) is 5.92 Å². The molecule has 2 aromatic carbocycles. The van der Waals surface area contributed by atoms with Gasteiger partial charge in [-0.15, -0.1) is 0 Å². The number of hydrogen-bond donors (Lipinski definition) is 0. The Morgan fingerprint density at radius 2 is 1.62 bits per heavy atom. The lowest BCUT2D eigenvalue weighted by molar-refractivity contribution is 0.0978. The average molecular weight is 353 g/mol. The smallest absolute Gasteiger partial charge is 0.184 e. The first-order chi connectivity index (χ1) is 12.6. The van der Waals surface area contributed by atoms with Crippen molar-refractivity contribution < 1.29 is 23.7 Å². The quantitative estimate of drug-likeness (QED) is 0.532. The monoisotopic (exact) mass is 353 g/mol. The van der Waals surface area contributed by atoms with Crippen LogP contribution in [0.4, 0.5) is 0 Å². The van der Waals surface area contributed by atoms with Crippen LogP contribution >= 0.6 is 0 Å². The number of rotatable bonds is 8. The Balaban J connectivity index is 2.41. The molecule has 0 aliphatic carbocycles. The maximum Gasteiger partial charge on any atom is 0.184 e. The van der Waals surface area contributed by atoms with Crippen molar-refractivity contribution in [2.75, 3.05) is 21.3 Å². The van der Waals surface area contributed by atoms with E-state index in [-0.39, 0.29) is 5.78 Å². The summed E-state index contributed by atoms with van der Waals surface area (Å²) in [6.07, 6.45) is 1.27. The first-order valence-electron chi connectivity index (χ1n) is 7.71. The van der Waals surface area contributed by atoms with E-state index in [1.807, 2.05) is 6.07 Å². The van der Waals surface area contributed by atoms with Crippen molar-refractivity contribution in [3.8, 4) is 29.1 Å².